The number of benzene rings is 3. The summed E-state index contributed by atoms with van der Waals surface area (Å²) in [6.45, 7) is 6.04. The van der Waals surface area contributed by atoms with E-state index in [1.54, 1.807) is 0 Å². The molecule has 0 bridgehead atoms. The molecule has 0 atom stereocenters. The van der Waals surface area contributed by atoms with Crippen molar-refractivity contribution in [1.82, 2.24) is 4.98 Å². The number of hydrogen-bond acceptors (Lipinski definition) is 4. The molecule has 0 amide bonds. The lowest BCUT2D eigenvalue weighted by Gasteiger charge is -2.13. The van der Waals surface area contributed by atoms with Gasteiger partial charge in [0.2, 0.25) is 0 Å². The van der Waals surface area contributed by atoms with Crippen LogP contribution in [-0.2, 0) is 0 Å². The molecule has 0 aromatic heterocycles. The fourth-order valence-electron chi connectivity index (χ4n) is 3.19. The van der Waals surface area contributed by atoms with E-state index < -0.39 is 0 Å². The quantitative estimate of drug-likeness (QED) is 0.398. The minimum atomic E-state index is 0.770. The van der Waals surface area contributed by atoms with Gasteiger partial charge in [0.25, 0.3) is 0 Å². The van der Waals surface area contributed by atoms with Crippen molar-refractivity contribution >= 4 is 27.6 Å². The predicted molar refractivity (Wildman–Crippen MR) is 108 cm³/mol. The smallest absolute Gasteiger partial charge is 0.155 e. The van der Waals surface area contributed by atoms with Crippen LogP contribution in [0.25, 0.3) is 33.3 Å². The maximum atomic E-state index is 6.23. The molecule has 132 valence electrons. The summed E-state index contributed by atoms with van der Waals surface area (Å²) in [6.07, 6.45) is 2.10. The first kappa shape index (κ1) is 16.6. The molecule has 2 aromatic carbocycles. The summed E-state index contributed by atoms with van der Waals surface area (Å²) in [4.78, 5) is 9.45. The van der Waals surface area contributed by atoms with Gasteiger partial charge in [-0.05, 0) is 25.0 Å². The lowest BCUT2D eigenvalue weighted by atomic mass is 10.1. The van der Waals surface area contributed by atoms with Gasteiger partial charge >= 0.3 is 0 Å². The average Bonchev–Trinajstić information content (AvgIpc) is 2.69. The molecule has 1 aliphatic carbocycles. The third kappa shape index (κ3) is 3.03. The van der Waals surface area contributed by atoms with E-state index in [0.717, 1.165) is 64.9 Å². The van der Waals surface area contributed by atoms with E-state index in [1.807, 2.05) is 24.3 Å². The highest BCUT2D eigenvalue weighted by Crippen LogP contribution is 2.33. The molecule has 1 aliphatic heterocycles. The second kappa shape index (κ2) is 7.16. The van der Waals surface area contributed by atoms with Gasteiger partial charge in [-0.1, -0.05) is 38.1 Å². The Hall–Kier alpha value is -2.88. The van der Waals surface area contributed by atoms with E-state index in [9.17, 15) is 0 Å². The molecule has 2 aromatic rings. The largest absolute Gasteiger partial charge is 0.453 e. The van der Waals surface area contributed by atoms with Crippen LogP contribution in [0.2, 0.25) is 0 Å². The summed E-state index contributed by atoms with van der Waals surface area (Å²) in [5.74, 6) is 0.770. The van der Waals surface area contributed by atoms with Gasteiger partial charge in [0, 0.05) is 41.7 Å². The molecule has 26 heavy (non-hydrogen) atoms. The standard InChI is InChI=1S/C22H23N3O/c1-3-11-23-15-9-10-18-20(13-15)26-21-14-19(24-12-4-2)16-7-5-6-8-17(16)22(21)25-18/h5-10,13-14,24H,3-4,11-12H2,1-2H3/b23-15-. The highest BCUT2D eigenvalue weighted by atomic mass is 16.3. The molecule has 4 rings (SSSR count). The Morgan fingerprint density at radius 3 is 2.65 bits per heavy atom. The minimum Gasteiger partial charge on any atom is -0.453 e. The molecule has 0 spiro atoms. The van der Waals surface area contributed by atoms with Crippen LogP contribution in [0.1, 0.15) is 26.7 Å². The Bertz CT molecular complexity index is 1100. The number of nitrogens with zero attached hydrogens (tertiary/aromatic N) is 2. The Balaban J connectivity index is 1.98. The van der Waals surface area contributed by atoms with Gasteiger partial charge in [-0.3, -0.25) is 4.99 Å². The number of anilines is 1. The third-order valence-electron chi connectivity index (χ3n) is 4.46. The molecule has 1 heterocycles. The van der Waals surface area contributed by atoms with Crippen LogP contribution in [-0.4, -0.2) is 18.1 Å². The van der Waals surface area contributed by atoms with Gasteiger partial charge in [0.05, 0.1) is 5.36 Å². The Morgan fingerprint density at radius 2 is 1.85 bits per heavy atom. The van der Waals surface area contributed by atoms with E-state index in [2.05, 4.69) is 48.4 Å². The highest BCUT2D eigenvalue weighted by Gasteiger charge is 2.13. The second-order valence-corrected chi connectivity index (χ2v) is 6.49. The number of nitrogens with one attached hydrogen (secondary N) is 1. The van der Waals surface area contributed by atoms with Crippen molar-refractivity contribution < 1.29 is 4.42 Å². The fourth-order valence-corrected chi connectivity index (χ4v) is 3.19. The number of rotatable bonds is 5. The van der Waals surface area contributed by atoms with Crippen LogP contribution in [0.3, 0.4) is 0 Å². The van der Waals surface area contributed by atoms with Crippen molar-refractivity contribution in [2.45, 2.75) is 26.7 Å². The summed E-state index contributed by atoms with van der Waals surface area (Å²) >= 11 is 0. The first-order valence-corrected chi connectivity index (χ1v) is 9.31. The van der Waals surface area contributed by atoms with Crippen molar-refractivity contribution in [3.05, 3.63) is 53.9 Å². The lowest BCUT2D eigenvalue weighted by Crippen LogP contribution is -2.04. The molecule has 2 aliphatic rings. The molecular formula is C22H23N3O. The van der Waals surface area contributed by atoms with Crippen molar-refractivity contribution in [2.24, 2.45) is 4.99 Å². The summed E-state index contributed by atoms with van der Waals surface area (Å²) < 4.78 is 6.23. The number of hydrogen-bond donors (Lipinski definition) is 1. The second-order valence-electron chi connectivity index (χ2n) is 6.49. The summed E-state index contributed by atoms with van der Waals surface area (Å²) in [5, 5.41) is 6.73. The zero-order valence-electron chi connectivity index (χ0n) is 15.2. The fraction of sp³-hybridized carbons (Fsp3) is 0.273. The molecule has 4 nitrogen and oxygen atoms in total. The van der Waals surface area contributed by atoms with E-state index in [-0.39, 0.29) is 0 Å². The number of fused-ring (bicyclic) bond motifs is 4. The summed E-state index contributed by atoms with van der Waals surface area (Å²) in [5.41, 5.74) is 3.63. The Labute approximate surface area is 152 Å². The Morgan fingerprint density at radius 1 is 1.00 bits per heavy atom. The SMILES string of the molecule is CCC/N=c1/ccc2nc3c(cc(NCCC)c4ccccc43)oc-2c1. The topological polar surface area (TPSA) is 50.4 Å². The van der Waals surface area contributed by atoms with Crippen LogP contribution < -0.4 is 10.7 Å². The van der Waals surface area contributed by atoms with Crippen molar-refractivity contribution in [1.29, 1.82) is 0 Å². The van der Waals surface area contributed by atoms with Gasteiger partial charge in [-0.2, -0.15) is 0 Å². The van der Waals surface area contributed by atoms with Gasteiger partial charge in [0.1, 0.15) is 11.2 Å². The van der Waals surface area contributed by atoms with Crippen LogP contribution >= 0.6 is 0 Å². The predicted octanol–water partition coefficient (Wildman–Crippen LogP) is 5.22. The molecule has 0 radical (unpaired) electrons. The van der Waals surface area contributed by atoms with E-state index in [4.69, 9.17) is 9.40 Å². The normalized spacial score (nSPS) is 12.3. The van der Waals surface area contributed by atoms with Crippen LogP contribution in [0.15, 0.2) is 57.9 Å². The minimum absolute atomic E-state index is 0.770. The first-order chi connectivity index (χ1) is 12.8. The number of aromatic nitrogens is 1. The molecule has 0 unspecified atom stereocenters. The first-order valence-electron chi connectivity index (χ1n) is 9.31. The summed E-state index contributed by atoms with van der Waals surface area (Å²) in [6, 6.07) is 16.4. The van der Waals surface area contributed by atoms with Gasteiger partial charge in [0.15, 0.2) is 11.3 Å². The highest BCUT2D eigenvalue weighted by molar-refractivity contribution is 6.10. The van der Waals surface area contributed by atoms with Gasteiger partial charge in [-0.25, -0.2) is 4.98 Å². The van der Waals surface area contributed by atoms with Crippen LogP contribution in [0.5, 0.6) is 0 Å². The molecule has 1 N–H and O–H groups in total. The molecule has 0 fully saturated rings. The average molecular weight is 345 g/mol. The zero-order chi connectivity index (χ0) is 17.9. The van der Waals surface area contributed by atoms with E-state index >= 15 is 0 Å². The maximum absolute atomic E-state index is 6.23. The van der Waals surface area contributed by atoms with E-state index in [0.29, 0.717) is 0 Å². The monoisotopic (exact) mass is 345 g/mol. The summed E-state index contributed by atoms with van der Waals surface area (Å²) in [7, 11) is 0. The van der Waals surface area contributed by atoms with Gasteiger partial charge in [-0.15, -0.1) is 0 Å². The van der Waals surface area contributed by atoms with Crippen molar-refractivity contribution in [2.75, 3.05) is 18.4 Å². The zero-order valence-corrected chi connectivity index (χ0v) is 15.2. The van der Waals surface area contributed by atoms with Crippen molar-refractivity contribution in [3.63, 3.8) is 0 Å². The lowest BCUT2D eigenvalue weighted by molar-refractivity contribution is 0.612. The van der Waals surface area contributed by atoms with Crippen LogP contribution in [0.4, 0.5) is 5.69 Å². The Kier molecular flexibility index (Phi) is 4.57. The molecule has 0 saturated carbocycles. The maximum Gasteiger partial charge on any atom is 0.155 e. The molecular weight excluding hydrogens is 322 g/mol. The van der Waals surface area contributed by atoms with Crippen molar-refractivity contribution in [3.8, 4) is 11.5 Å². The molecule has 0 saturated heterocycles. The van der Waals surface area contributed by atoms with E-state index in [1.165, 1.54) is 5.39 Å². The van der Waals surface area contributed by atoms with Crippen LogP contribution in [0, 0.1) is 0 Å². The van der Waals surface area contributed by atoms with Gasteiger partial charge < -0.3 is 9.73 Å². The third-order valence-corrected chi connectivity index (χ3v) is 4.46. The molecule has 4 heteroatoms.